The molecular formula is C28H20BrN3O2S2. The van der Waals surface area contributed by atoms with Gasteiger partial charge in [-0.15, -0.1) is 0 Å². The van der Waals surface area contributed by atoms with Crippen LogP contribution in [0.3, 0.4) is 0 Å². The van der Waals surface area contributed by atoms with Crippen LogP contribution in [0, 0.1) is 0 Å². The largest absolute Gasteiger partial charge is 0.605 e. The molecule has 8 heteroatoms. The van der Waals surface area contributed by atoms with Gasteiger partial charge >= 0.3 is 0 Å². The van der Waals surface area contributed by atoms with Crippen LogP contribution in [0.25, 0.3) is 27.5 Å². The maximum Gasteiger partial charge on any atom is 0.243 e. The third-order valence-electron chi connectivity index (χ3n) is 6.01. The predicted octanol–water partition coefficient (Wildman–Crippen LogP) is 6.25. The summed E-state index contributed by atoms with van der Waals surface area (Å²) in [7, 11) is 0. The Morgan fingerprint density at radius 3 is 1.50 bits per heavy atom. The first-order valence-corrected chi connectivity index (χ1v) is 14.3. The van der Waals surface area contributed by atoms with Crippen LogP contribution < -0.4 is 10.9 Å². The molecule has 0 saturated heterocycles. The van der Waals surface area contributed by atoms with Crippen LogP contribution in [0.15, 0.2) is 134 Å². The smallest absolute Gasteiger partial charge is 0.243 e. The molecule has 0 bridgehead atoms. The van der Waals surface area contributed by atoms with E-state index in [4.69, 9.17) is 0 Å². The van der Waals surface area contributed by atoms with Crippen molar-refractivity contribution in [2.24, 2.45) is 0 Å². The van der Waals surface area contributed by atoms with Crippen molar-refractivity contribution in [3.8, 4) is 5.69 Å². The molecule has 2 atom stereocenters. The minimum atomic E-state index is -1.43. The van der Waals surface area contributed by atoms with E-state index >= 15 is 0 Å². The number of hydrogen-bond acceptors (Lipinski definition) is 4. The summed E-state index contributed by atoms with van der Waals surface area (Å²) in [6.07, 6.45) is 3.41. The van der Waals surface area contributed by atoms with Crippen LogP contribution in [0.5, 0.6) is 0 Å². The zero-order valence-corrected chi connectivity index (χ0v) is 22.1. The SMILES string of the molecule is [O-][S+](C1=CC=C([S+]([O-])c2ccc(-n3c4ccccc4c4ccccc43)cc2)NN1)c1ccc(Br)cc1. The topological polar surface area (TPSA) is 75.1 Å². The van der Waals surface area contributed by atoms with Gasteiger partial charge in [0.1, 0.15) is 0 Å². The number of rotatable bonds is 5. The Kier molecular flexibility index (Phi) is 6.29. The number of allylic oxidation sites excluding steroid dienone is 2. The monoisotopic (exact) mass is 573 g/mol. The van der Waals surface area contributed by atoms with Gasteiger partial charge in [0.25, 0.3) is 0 Å². The summed E-state index contributed by atoms with van der Waals surface area (Å²) in [6.45, 7) is 0. The summed E-state index contributed by atoms with van der Waals surface area (Å²) < 4.78 is 29.2. The van der Waals surface area contributed by atoms with Crippen molar-refractivity contribution in [3.05, 3.63) is 124 Å². The average Bonchev–Trinajstić information content (AvgIpc) is 3.27. The van der Waals surface area contributed by atoms with Crippen LogP contribution in [-0.2, 0) is 22.4 Å². The van der Waals surface area contributed by atoms with Crippen molar-refractivity contribution in [2.75, 3.05) is 0 Å². The summed E-state index contributed by atoms with van der Waals surface area (Å²) >= 11 is 0.586. The Morgan fingerprint density at radius 1 is 0.583 bits per heavy atom. The van der Waals surface area contributed by atoms with E-state index in [0.717, 1.165) is 21.2 Å². The molecule has 0 spiro atoms. The van der Waals surface area contributed by atoms with Crippen LogP contribution in [0.2, 0.25) is 0 Å². The summed E-state index contributed by atoms with van der Waals surface area (Å²) in [6, 6.07) is 31.8. The van der Waals surface area contributed by atoms with Gasteiger partial charge in [-0.25, -0.2) is 0 Å². The number of aromatic nitrogens is 1. The molecule has 6 rings (SSSR count). The molecular weight excluding hydrogens is 554 g/mol. The lowest BCUT2D eigenvalue weighted by Crippen LogP contribution is -2.38. The fourth-order valence-corrected chi connectivity index (χ4v) is 6.52. The highest BCUT2D eigenvalue weighted by molar-refractivity contribution is 9.10. The lowest BCUT2D eigenvalue weighted by atomic mass is 10.2. The van der Waals surface area contributed by atoms with Gasteiger partial charge in [-0.05, 0) is 60.7 Å². The summed E-state index contributed by atoms with van der Waals surface area (Å²) in [4.78, 5) is 1.35. The first kappa shape index (κ1) is 23.3. The molecule has 0 aliphatic carbocycles. The number of benzene rings is 4. The molecule has 1 aliphatic rings. The minimum Gasteiger partial charge on any atom is -0.605 e. The molecule has 5 nitrogen and oxygen atoms in total. The summed E-state index contributed by atoms with van der Waals surface area (Å²) in [5, 5.41) is 3.40. The molecule has 0 fully saturated rings. The van der Waals surface area contributed by atoms with E-state index < -0.39 is 22.4 Å². The lowest BCUT2D eigenvalue weighted by Gasteiger charge is -2.21. The average molecular weight is 575 g/mol. The standard InChI is InChI=1S/C28H20BrN3O2S2/c29-19-9-13-21(14-10-19)35(33)27-17-18-28(31-30-27)36(34)22-15-11-20(12-16-22)32-25-7-3-1-5-23(25)24-6-2-4-8-26(24)32/h1-18,30-31H. The molecule has 0 saturated carbocycles. The number of hydrogen-bond donors (Lipinski definition) is 2. The van der Waals surface area contributed by atoms with Crippen molar-refractivity contribution >= 4 is 60.1 Å². The fourth-order valence-electron chi connectivity index (χ4n) is 4.31. The molecule has 178 valence electrons. The van der Waals surface area contributed by atoms with Gasteiger partial charge < -0.3 is 13.7 Å². The molecule has 0 radical (unpaired) electrons. The van der Waals surface area contributed by atoms with Crippen molar-refractivity contribution in [1.82, 2.24) is 15.4 Å². The van der Waals surface area contributed by atoms with Crippen molar-refractivity contribution < 1.29 is 9.11 Å². The third kappa shape index (κ3) is 4.21. The highest BCUT2D eigenvalue weighted by atomic mass is 79.9. The molecule has 2 unspecified atom stereocenters. The van der Waals surface area contributed by atoms with E-state index in [1.54, 1.807) is 24.3 Å². The highest BCUT2D eigenvalue weighted by Crippen LogP contribution is 2.32. The van der Waals surface area contributed by atoms with E-state index in [1.165, 1.54) is 10.8 Å². The number of fused-ring (bicyclic) bond motifs is 3. The molecule has 2 heterocycles. The van der Waals surface area contributed by atoms with E-state index in [0.29, 0.717) is 19.8 Å². The maximum atomic E-state index is 13.2. The molecule has 4 aromatic carbocycles. The summed E-state index contributed by atoms with van der Waals surface area (Å²) in [5.74, 6) is 0. The maximum absolute atomic E-state index is 13.2. The van der Waals surface area contributed by atoms with Crippen LogP contribution >= 0.6 is 15.9 Å². The van der Waals surface area contributed by atoms with Crippen LogP contribution in [-0.4, -0.2) is 13.7 Å². The van der Waals surface area contributed by atoms with E-state index in [9.17, 15) is 9.11 Å². The second-order valence-electron chi connectivity index (χ2n) is 8.17. The van der Waals surface area contributed by atoms with Gasteiger partial charge in [0.05, 0.1) is 11.0 Å². The highest BCUT2D eigenvalue weighted by Gasteiger charge is 2.26. The predicted molar refractivity (Wildman–Crippen MR) is 150 cm³/mol. The van der Waals surface area contributed by atoms with Crippen molar-refractivity contribution in [1.29, 1.82) is 0 Å². The van der Waals surface area contributed by atoms with E-state index in [1.807, 2.05) is 48.5 Å². The van der Waals surface area contributed by atoms with Gasteiger partial charge in [-0.1, -0.05) is 52.3 Å². The Hall–Kier alpha value is -3.14. The van der Waals surface area contributed by atoms with Crippen LogP contribution in [0.1, 0.15) is 0 Å². The third-order valence-corrected chi connectivity index (χ3v) is 9.22. The number of nitrogens with zero attached hydrogens (tertiary/aromatic N) is 1. The van der Waals surface area contributed by atoms with E-state index in [-0.39, 0.29) is 0 Å². The second kappa shape index (κ2) is 9.72. The van der Waals surface area contributed by atoms with Gasteiger partial charge in [0, 0.05) is 55.4 Å². The lowest BCUT2D eigenvalue weighted by molar-refractivity contribution is 0.582. The Bertz CT molecular complexity index is 1580. The zero-order valence-electron chi connectivity index (χ0n) is 18.9. The number of halogens is 1. The number of nitrogens with one attached hydrogen (secondary N) is 2. The Balaban J connectivity index is 1.27. The first-order valence-electron chi connectivity index (χ1n) is 11.2. The number of para-hydroxylation sites is 2. The van der Waals surface area contributed by atoms with Gasteiger partial charge in [0.15, 0.2) is 9.79 Å². The van der Waals surface area contributed by atoms with E-state index in [2.05, 4.69) is 67.7 Å². The van der Waals surface area contributed by atoms with Crippen LogP contribution in [0.4, 0.5) is 0 Å². The zero-order chi connectivity index (χ0) is 24.6. The summed E-state index contributed by atoms with van der Waals surface area (Å²) in [5.41, 5.74) is 9.16. The Morgan fingerprint density at radius 2 is 1.03 bits per heavy atom. The molecule has 0 amide bonds. The molecule has 36 heavy (non-hydrogen) atoms. The molecule has 5 aromatic rings. The van der Waals surface area contributed by atoms with Gasteiger partial charge in [-0.3, -0.25) is 10.9 Å². The first-order chi connectivity index (χ1) is 17.6. The number of hydrazine groups is 1. The minimum absolute atomic E-state index is 0.496. The Labute approximate surface area is 223 Å². The van der Waals surface area contributed by atoms with Gasteiger partial charge in [0.2, 0.25) is 10.1 Å². The fraction of sp³-hybridized carbons (Fsp3) is 0. The van der Waals surface area contributed by atoms with Crippen molar-refractivity contribution in [3.63, 3.8) is 0 Å². The molecule has 1 aromatic heterocycles. The normalized spacial score (nSPS) is 15.1. The quantitative estimate of drug-likeness (QED) is 0.243. The second-order valence-corrected chi connectivity index (χ2v) is 12.0. The molecule has 2 N–H and O–H groups in total. The van der Waals surface area contributed by atoms with Gasteiger partial charge in [-0.2, -0.15) is 0 Å². The molecule has 1 aliphatic heterocycles. The van der Waals surface area contributed by atoms with Crippen molar-refractivity contribution in [2.45, 2.75) is 9.79 Å².